The van der Waals surface area contributed by atoms with Gasteiger partial charge in [0.25, 0.3) is 5.91 Å². The summed E-state index contributed by atoms with van der Waals surface area (Å²) in [5.41, 5.74) is 1.57. The van der Waals surface area contributed by atoms with Crippen LogP contribution in [-0.4, -0.2) is 38.8 Å². The lowest BCUT2D eigenvalue weighted by Crippen LogP contribution is -2.25. The highest BCUT2D eigenvalue weighted by Crippen LogP contribution is 2.27. The highest BCUT2D eigenvalue weighted by Gasteiger charge is 2.08. The normalized spacial score (nSPS) is 10.0. The average Bonchev–Trinajstić information content (AvgIpc) is 2.61. The summed E-state index contributed by atoms with van der Waals surface area (Å²) in [4.78, 5) is 16.1. The fraction of sp³-hybridized carbons (Fsp3) is 0.294. The van der Waals surface area contributed by atoms with E-state index in [-0.39, 0.29) is 5.91 Å². The predicted octanol–water partition coefficient (Wildman–Crippen LogP) is 2.08. The molecule has 23 heavy (non-hydrogen) atoms. The van der Waals surface area contributed by atoms with Crippen molar-refractivity contribution < 1.29 is 19.0 Å². The van der Waals surface area contributed by atoms with Gasteiger partial charge >= 0.3 is 0 Å². The first kappa shape index (κ1) is 16.6. The summed E-state index contributed by atoms with van der Waals surface area (Å²) in [6.07, 6.45) is 2.23. The number of methoxy groups -OCH3 is 3. The first-order chi connectivity index (χ1) is 11.2. The molecule has 0 aliphatic carbocycles. The molecule has 0 spiro atoms. The maximum Gasteiger partial charge on any atom is 0.251 e. The number of hydrogen-bond donors (Lipinski definition) is 1. The van der Waals surface area contributed by atoms with Gasteiger partial charge in [-0.05, 0) is 30.2 Å². The maximum absolute atomic E-state index is 12.1. The zero-order valence-corrected chi connectivity index (χ0v) is 13.5. The lowest BCUT2D eigenvalue weighted by molar-refractivity contribution is 0.0953. The Bertz CT molecular complexity index is 673. The summed E-state index contributed by atoms with van der Waals surface area (Å²) < 4.78 is 15.5. The highest BCUT2D eigenvalue weighted by molar-refractivity contribution is 5.94. The molecule has 1 aromatic carbocycles. The van der Waals surface area contributed by atoms with E-state index >= 15 is 0 Å². The van der Waals surface area contributed by atoms with Crippen LogP contribution in [0.15, 0.2) is 36.5 Å². The van der Waals surface area contributed by atoms with Crippen LogP contribution >= 0.6 is 0 Å². The van der Waals surface area contributed by atoms with Gasteiger partial charge in [0.05, 0.1) is 21.3 Å². The summed E-state index contributed by atoms with van der Waals surface area (Å²) in [6, 6.07) is 8.95. The van der Waals surface area contributed by atoms with Crippen LogP contribution in [0.2, 0.25) is 0 Å². The molecule has 1 N–H and O–H groups in total. The van der Waals surface area contributed by atoms with Gasteiger partial charge in [-0.15, -0.1) is 0 Å². The minimum atomic E-state index is -0.161. The molecule has 1 aromatic heterocycles. The molecule has 0 aliphatic heterocycles. The van der Waals surface area contributed by atoms with E-state index in [1.165, 1.54) is 7.11 Å². The SMILES string of the molecule is COc1cc(C(=O)NCCc2ccc(OC)c(OC)c2)ccn1. The van der Waals surface area contributed by atoms with E-state index in [2.05, 4.69) is 10.3 Å². The number of rotatable bonds is 7. The second kappa shape index (κ2) is 8.03. The molecule has 0 unspecified atom stereocenters. The Labute approximate surface area is 135 Å². The number of nitrogens with zero attached hydrogens (tertiary/aromatic N) is 1. The standard InChI is InChI=1S/C17H20N2O4/c1-21-14-5-4-12(10-15(14)22-2)6-8-19-17(20)13-7-9-18-16(11-13)23-3/h4-5,7,9-11H,6,8H2,1-3H3,(H,19,20). The number of pyridine rings is 1. The van der Waals surface area contributed by atoms with Crippen LogP contribution < -0.4 is 19.5 Å². The van der Waals surface area contributed by atoms with E-state index < -0.39 is 0 Å². The molecule has 0 fully saturated rings. The van der Waals surface area contributed by atoms with Gasteiger partial charge in [-0.25, -0.2) is 4.98 Å². The Morgan fingerprint density at radius 3 is 2.52 bits per heavy atom. The molecule has 0 bridgehead atoms. The molecule has 6 nitrogen and oxygen atoms in total. The Kier molecular flexibility index (Phi) is 5.80. The quantitative estimate of drug-likeness (QED) is 0.847. The number of nitrogens with one attached hydrogen (secondary N) is 1. The molecule has 1 amide bonds. The van der Waals surface area contributed by atoms with Gasteiger partial charge in [0.2, 0.25) is 5.88 Å². The second-order valence-corrected chi connectivity index (χ2v) is 4.78. The Balaban J connectivity index is 1.92. The molecule has 6 heteroatoms. The van der Waals surface area contributed by atoms with E-state index in [0.29, 0.717) is 35.9 Å². The number of benzene rings is 1. The van der Waals surface area contributed by atoms with Crippen LogP contribution in [0.5, 0.6) is 17.4 Å². The average molecular weight is 316 g/mol. The molecule has 2 rings (SSSR count). The van der Waals surface area contributed by atoms with Crippen molar-refractivity contribution in [2.45, 2.75) is 6.42 Å². The Morgan fingerprint density at radius 2 is 1.83 bits per heavy atom. The van der Waals surface area contributed by atoms with E-state index in [1.54, 1.807) is 32.5 Å². The number of ether oxygens (including phenoxy) is 3. The zero-order chi connectivity index (χ0) is 16.7. The number of carbonyl (C=O) groups excluding carboxylic acids is 1. The van der Waals surface area contributed by atoms with E-state index in [4.69, 9.17) is 14.2 Å². The van der Waals surface area contributed by atoms with Crippen LogP contribution in [0.1, 0.15) is 15.9 Å². The van der Waals surface area contributed by atoms with Crippen molar-refractivity contribution in [2.24, 2.45) is 0 Å². The number of aromatic nitrogens is 1. The van der Waals surface area contributed by atoms with Crippen molar-refractivity contribution in [1.29, 1.82) is 0 Å². The molecular weight excluding hydrogens is 296 g/mol. The fourth-order valence-corrected chi connectivity index (χ4v) is 2.12. The smallest absolute Gasteiger partial charge is 0.251 e. The number of hydrogen-bond acceptors (Lipinski definition) is 5. The number of amides is 1. The largest absolute Gasteiger partial charge is 0.493 e. The van der Waals surface area contributed by atoms with Crippen LogP contribution in [0, 0.1) is 0 Å². The van der Waals surface area contributed by atoms with Gasteiger partial charge in [0.1, 0.15) is 0 Å². The van der Waals surface area contributed by atoms with E-state index in [1.807, 2.05) is 18.2 Å². The minimum Gasteiger partial charge on any atom is -0.493 e. The van der Waals surface area contributed by atoms with Gasteiger partial charge in [-0.3, -0.25) is 4.79 Å². The van der Waals surface area contributed by atoms with Crippen LogP contribution in [0.4, 0.5) is 0 Å². The monoisotopic (exact) mass is 316 g/mol. The van der Waals surface area contributed by atoms with Gasteiger partial charge in [-0.1, -0.05) is 6.07 Å². The molecule has 0 saturated carbocycles. The first-order valence-corrected chi connectivity index (χ1v) is 7.17. The third-order valence-electron chi connectivity index (χ3n) is 3.35. The highest BCUT2D eigenvalue weighted by atomic mass is 16.5. The van der Waals surface area contributed by atoms with Crippen molar-refractivity contribution in [3.8, 4) is 17.4 Å². The molecule has 1 heterocycles. The lowest BCUT2D eigenvalue weighted by atomic mass is 10.1. The number of carbonyl (C=O) groups is 1. The lowest BCUT2D eigenvalue weighted by Gasteiger charge is -2.10. The third-order valence-corrected chi connectivity index (χ3v) is 3.35. The first-order valence-electron chi connectivity index (χ1n) is 7.17. The summed E-state index contributed by atoms with van der Waals surface area (Å²) in [5.74, 6) is 1.61. The molecule has 122 valence electrons. The van der Waals surface area contributed by atoms with Gasteiger partial charge in [-0.2, -0.15) is 0 Å². The summed E-state index contributed by atoms with van der Waals surface area (Å²) in [5, 5.41) is 2.87. The van der Waals surface area contributed by atoms with E-state index in [0.717, 1.165) is 5.56 Å². The van der Waals surface area contributed by atoms with E-state index in [9.17, 15) is 4.79 Å². The van der Waals surface area contributed by atoms with Crippen molar-refractivity contribution in [1.82, 2.24) is 10.3 Å². The Morgan fingerprint density at radius 1 is 1.04 bits per heavy atom. The second-order valence-electron chi connectivity index (χ2n) is 4.78. The third kappa shape index (κ3) is 4.35. The van der Waals surface area contributed by atoms with Crippen molar-refractivity contribution >= 4 is 5.91 Å². The van der Waals surface area contributed by atoms with Gasteiger partial charge in [0, 0.05) is 24.4 Å². The molecule has 0 aliphatic rings. The minimum absolute atomic E-state index is 0.161. The maximum atomic E-state index is 12.1. The van der Waals surface area contributed by atoms with Crippen molar-refractivity contribution in [2.75, 3.05) is 27.9 Å². The Hall–Kier alpha value is -2.76. The molecule has 0 saturated heterocycles. The van der Waals surface area contributed by atoms with Crippen LogP contribution in [0.25, 0.3) is 0 Å². The zero-order valence-electron chi connectivity index (χ0n) is 13.5. The van der Waals surface area contributed by atoms with Gasteiger partial charge in [0.15, 0.2) is 11.5 Å². The molecule has 0 radical (unpaired) electrons. The topological polar surface area (TPSA) is 69.7 Å². The fourth-order valence-electron chi connectivity index (χ4n) is 2.12. The van der Waals surface area contributed by atoms with Crippen LogP contribution in [0.3, 0.4) is 0 Å². The predicted molar refractivity (Wildman–Crippen MR) is 86.4 cm³/mol. The molecular formula is C17H20N2O4. The molecule has 0 atom stereocenters. The summed E-state index contributed by atoms with van der Waals surface area (Å²) in [6.45, 7) is 0.513. The van der Waals surface area contributed by atoms with Crippen molar-refractivity contribution in [3.63, 3.8) is 0 Å². The molecule has 2 aromatic rings. The van der Waals surface area contributed by atoms with Gasteiger partial charge < -0.3 is 19.5 Å². The summed E-state index contributed by atoms with van der Waals surface area (Å²) in [7, 11) is 4.71. The van der Waals surface area contributed by atoms with Crippen molar-refractivity contribution in [3.05, 3.63) is 47.7 Å². The van der Waals surface area contributed by atoms with Crippen LogP contribution in [-0.2, 0) is 6.42 Å². The summed E-state index contributed by atoms with van der Waals surface area (Å²) >= 11 is 0.